The van der Waals surface area contributed by atoms with E-state index in [1.807, 2.05) is 0 Å². The predicted molar refractivity (Wildman–Crippen MR) is 417 cm³/mol. The van der Waals surface area contributed by atoms with Crippen LogP contribution in [0.4, 0.5) is 0 Å². The maximum atomic E-state index is 2.44. The summed E-state index contributed by atoms with van der Waals surface area (Å²) in [5, 5.41) is 10.0. The Morgan fingerprint density at radius 1 is 0.188 bits per heavy atom. The van der Waals surface area contributed by atoms with Crippen LogP contribution in [0.15, 0.2) is 265 Å². The van der Waals surface area contributed by atoms with E-state index in [2.05, 4.69) is 279 Å². The molecule has 0 nitrogen and oxygen atoms in total. The lowest BCUT2D eigenvalue weighted by Crippen LogP contribution is -1.95. The normalized spacial score (nSPS) is 15.2. The molecule has 4 saturated carbocycles. The van der Waals surface area contributed by atoms with Crippen LogP contribution in [0.3, 0.4) is 0 Å². The van der Waals surface area contributed by atoms with Crippen LogP contribution in [-0.4, -0.2) is 0 Å². The van der Waals surface area contributed by atoms with E-state index < -0.39 is 0 Å². The summed E-state index contributed by atoms with van der Waals surface area (Å²) in [5.41, 5.74) is 28.9. The number of allylic oxidation sites excluding steroid dienone is 4. The van der Waals surface area contributed by atoms with E-state index >= 15 is 0 Å². The SMILES string of the molecule is C(=C1CCCCC1)c1ccc(C(=Cc2ccc(-c3c4ccccc4c(-c4c5ccccc5c(-c5ccc(C=C(c6ccc(C=C7CCCCC7)cc6)c6ccc(C=C7CCCCC7)cc6)cc5)c5ccccc45)c4ccccc34)cc2)c2ccc(C=C3CCCCC3)cc2)cc1. The van der Waals surface area contributed by atoms with Crippen molar-refractivity contribution in [3.63, 3.8) is 0 Å². The number of hydrogen-bond acceptors (Lipinski definition) is 0. The van der Waals surface area contributed by atoms with Crippen molar-refractivity contribution >= 4 is 90.7 Å². The monoisotopic (exact) mass is 1240 g/mol. The van der Waals surface area contributed by atoms with Crippen LogP contribution in [-0.2, 0) is 0 Å². The van der Waals surface area contributed by atoms with Crippen LogP contribution >= 0.6 is 0 Å². The lowest BCUT2D eigenvalue weighted by Gasteiger charge is -2.22. The summed E-state index contributed by atoms with van der Waals surface area (Å²) in [5.74, 6) is 0. The van der Waals surface area contributed by atoms with E-state index in [0.29, 0.717) is 0 Å². The summed E-state index contributed by atoms with van der Waals surface area (Å²) in [4.78, 5) is 0. The molecule has 0 saturated heterocycles. The second-order valence-corrected chi connectivity index (χ2v) is 28.0. The molecule has 0 spiro atoms. The molecule has 0 bridgehead atoms. The Kier molecular flexibility index (Phi) is 17.9. The quantitative estimate of drug-likeness (QED) is 0.0797. The van der Waals surface area contributed by atoms with Gasteiger partial charge in [0.1, 0.15) is 0 Å². The Morgan fingerprint density at radius 3 is 0.604 bits per heavy atom. The number of benzene rings is 12. The van der Waals surface area contributed by atoms with E-state index in [9.17, 15) is 0 Å². The van der Waals surface area contributed by atoms with Gasteiger partial charge in [-0.05, 0) is 258 Å². The highest BCUT2D eigenvalue weighted by molar-refractivity contribution is 6.30. The zero-order valence-corrected chi connectivity index (χ0v) is 55.7. The molecule has 0 heterocycles. The zero-order valence-electron chi connectivity index (χ0n) is 55.7. The van der Waals surface area contributed by atoms with Crippen molar-refractivity contribution in [3.8, 4) is 33.4 Å². The summed E-state index contributed by atoms with van der Waals surface area (Å²) in [6.45, 7) is 0. The fourth-order valence-electron chi connectivity index (χ4n) is 16.5. The number of fused-ring (bicyclic) bond motifs is 4. The third-order valence-corrected chi connectivity index (χ3v) is 21.5. The fraction of sp³-hybridized carbons (Fsp3) is 0.208. The average Bonchev–Trinajstić information content (AvgIpc) is 0.730. The molecule has 12 aromatic rings. The van der Waals surface area contributed by atoms with Crippen molar-refractivity contribution in [2.75, 3.05) is 0 Å². The maximum absolute atomic E-state index is 2.44. The smallest absolute Gasteiger partial charge is 0.00139 e. The lowest BCUT2D eigenvalue weighted by atomic mass is 9.81. The molecule has 0 aromatic heterocycles. The Balaban J connectivity index is 0.764. The summed E-state index contributed by atoms with van der Waals surface area (Å²) in [7, 11) is 0. The summed E-state index contributed by atoms with van der Waals surface area (Å²) in [6.07, 6.45) is 40.3. The van der Waals surface area contributed by atoms with Crippen LogP contribution in [0, 0.1) is 0 Å². The first-order valence-corrected chi connectivity index (χ1v) is 36.3. The van der Waals surface area contributed by atoms with Gasteiger partial charge in [0.15, 0.2) is 0 Å². The second kappa shape index (κ2) is 28.2. The molecular weight excluding hydrogens is 1150 g/mol. The molecule has 4 aliphatic carbocycles. The van der Waals surface area contributed by atoms with Crippen LogP contribution in [0.5, 0.6) is 0 Å². The predicted octanol–water partition coefficient (Wildman–Crippen LogP) is 27.9. The molecule has 0 aliphatic heterocycles. The summed E-state index contributed by atoms with van der Waals surface area (Å²) in [6, 6.07) is 92.8. The van der Waals surface area contributed by atoms with Gasteiger partial charge in [0.2, 0.25) is 0 Å². The Bertz CT molecular complexity index is 4400. The van der Waals surface area contributed by atoms with Crippen molar-refractivity contribution < 1.29 is 0 Å². The topological polar surface area (TPSA) is 0 Å². The van der Waals surface area contributed by atoms with Crippen molar-refractivity contribution in [2.24, 2.45) is 0 Å². The molecule has 0 N–H and O–H groups in total. The first kappa shape index (κ1) is 61.0. The Hall–Kier alpha value is -9.88. The van der Waals surface area contributed by atoms with Gasteiger partial charge in [0, 0.05) is 0 Å². The van der Waals surface area contributed by atoms with Crippen molar-refractivity contribution in [1.29, 1.82) is 0 Å². The van der Waals surface area contributed by atoms with Gasteiger partial charge in [-0.2, -0.15) is 0 Å². The molecule has 0 atom stereocenters. The van der Waals surface area contributed by atoms with Gasteiger partial charge in [0.25, 0.3) is 0 Å². The molecule has 4 fully saturated rings. The highest BCUT2D eigenvalue weighted by Gasteiger charge is 2.23. The van der Waals surface area contributed by atoms with Gasteiger partial charge in [-0.25, -0.2) is 0 Å². The minimum atomic E-state index is 1.18. The fourth-order valence-corrected chi connectivity index (χ4v) is 16.5. The largest absolute Gasteiger partial charge is 0.0696 e. The molecule has 0 heteroatoms. The van der Waals surface area contributed by atoms with Gasteiger partial charge in [-0.3, -0.25) is 0 Å². The van der Waals surface area contributed by atoms with E-state index in [1.165, 1.54) is 272 Å². The number of hydrogen-bond donors (Lipinski definition) is 0. The summed E-state index contributed by atoms with van der Waals surface area (Å²) >= 11 is 0. The first-order chi connectivity index (χ1) is 47.6. The highest BCUT2D eigenvalue weighted by Crippen LogP contribution is 2.50. The Labute approximate surface area is 569 Å². The van der Waals surface area contributed by atoms with E-state index in [1.54, 1.807) is 22.3 Å². The van der Waals surface area contributed by atoms with Crippen molar-refractivity contribution in [3.05, 3.63) is 321 Å². The Morgan fingerprint density at radius 2 is 0.385 bits per heavy atom. The van der Waals surface area contributed by atoms with E-state index in [0.717, 1.165) is 0 Å². The van der Waals surface area contributed by atoms with Gasteiger partial charge < -0.3 is 0 Å². The maximum Gasteiger partial charge on any atom is -0.00139 e. The van der Waals surface area contributed by atoms with Crippen molar-refractivity contribution in [1.82, 2.24) is 0 Å². The minimum absolute atomic E-state index is 1.18. The third-order valence-electron chi connectivity index (χ3n) is 21.5. The molecule has 4 aliphatic rings. The minimum Gasteiger partial charge on any atom is -0.0696 e. The molecule has 0 unspecified atom stereocenters. The second-order valence-electron chi connectivity index (χ2n) is 28.0. The van der Waals surface area contributed by atoms with Crippen LogP contribution < -0.4 is 0 Å². The van der Waals surface area contributed by atoms with E-state index in [4.69, 9.17) is 0 Å². The van der Waals surface area contributed by atoms with E-state index in [-0.39, 0.29) is 0 Å². The first-order valence-electron chi connectivity index (χ1n) is 36.3. The summed E-state index contributed by atoms with van der Waals surface area (Å²) < 4.78 is 0. The molecular formula is C96H86. The van der Waals surface area contributed by atoms with Gasteiger partial charge in [-0.1, -0.05) is 315 Å². The molecule has 470 valence electrons. The standard InChI is InChI=1S/C96H86/c1-5-21-67(22-6-1)61-71-37-49-77(50-38-71)91(78-51-39-72(40-52-78)62-68-23-7-2-8-24-68)65-75-45-57-81(58-46-75)93-83-29-13-17-33-87(83)95(88-34-18-14-30-84(88)93)96-89-35-19-15-31-85(89)94(86-32-16-20-36-90(86)96)82-59-47-76(48-60-82)66-92(79-53-41-73(42-54-79)63-69-25-9-3-10-26-69)80-55-43-74(44-56-80)64-70-27-11-4-12-28-70/h13-20,29-66H,1-12,21-28H2. The number of rotatable bonds is 13. The van der Waals surface area contributed by atoms with Crippen LogP contribution in [0.2, 0.25) is 0 Å². The van der Waals surface area contributed by atoms with Crippen molar-refractivity contribution in [2.45, 2.75) is 128 Å². The van der Waals surface area contributed by atoms with Gasteiger partial charge >= 0.3 is 0 Å². The lowest BCUT2D eigenvalue weighted by molar-refractivity contribution is 0.602. The molecule has 0 amide bonds. The third kappa shape index (κ3) is 13.2. The molecule has 12 aromatic carbocycles. The van der Waals surface area contributed by atoms with Gasteiger partial charge in [-0.15, -0.1) is 0 Å². The zero-order chi connectivity index (χ0) is 64.0. The van der Waals surface area contributed by atoms with Gasteiger partial charge in [0.05, 0.1) is 0 Å². The van der Waals surface area contributed by atoms with Crippen LogP contribution in [0.25, 0.3) is 124 Å². The van der Waals surface area contributed by atoms with Crippen LogP contribution in [0.1, 0.15) is 184 Å². The highest BCUT2D eigenvalue weighted by atomic mass is 14.3. The molecule has 16 rings (SSSR count). The average molecular weight is 1240 g/mol. The molecule has 0 radical (unpaired) electrons. The molecule has 96 heavy (non-hydrogen) atoms.